The molecule has 1 heterocycles. The average molecular weight is 875 g/mol. The highest BCUT2D eigenvalue weighted by atomic mass is 32.2. The SMILES string of the molecule is CC(C)c1cc(F)cc(C(C)CCC(C)c2cc(F)cc(C(C)C)c2NC(=O)N=S(N)(=O)c2ncc(C(C)(C)O)s2)c1NC(=O)N=S(N)(=O)c1ccc(CN(C)C)cc1. The maximum absolute atomic E-state index is 15.2. The molecule has 0 spiro atoms. The molecule has 4 unspecified atom stereocenters. The Hall–Kier alpha value is -4.17. The molecule has 0 bridgehead atoms. The average Bonchev–Trinajstić information content (AvgIpc) is 3.64. The molecule has 0 saturated carbocycles. The third-order valence-electron chi connectivity index (χ3n) is 9.67. The Bertz CT molecular complexity index is 2430. The molecule has 4 amide bonds. The summed E-state index contributed by atoms with van der Waals surface area (Å²) in [5.74, 6) is -2.25. The van der Waals surface area contributed by atoms with Crippen molar-refractivity contribution in [2.45, 2.75) is 113 Å². The van der Waals surface area contributed by atoms with E-state index in [4.69, 9.17) is 10.3 Å². The van der Waals surface area contributed by atoms with Crippen molar-refractivity contribution in [3.05, 3.63) is 99.1 Å². The van der Waals surface area contributed by atoms with Gasteiger partial charge in [-0.1, -0.05) is 53.7 Å². The van der Waals surface area contributed by atoms with Gasteiger partial charge in [0.15, 0.2) is 9.92 Å². The lowest BCUT2D eigenvalue weighted by Crippen LogP contribution is -2.20. The molecule has 0 aliphatic rings. The van der Waals surface area contributed by atoms with Crippen molar-refractivity contribution in [2.75, 3.05) is 24.7 Å². The molecule has 18 heteroatoms. The largest absolute Gasteiger partial charge is 0.385 e. The zero-order valence-electron chi connectivity index (χ0n) is 35.1. The number of amides is 4. The fraction of sp³-hybridized carbons (Fsp3) is 0.439. The molecule has 59 heavy (non-hydrogen) atoms. The number of nitrogens with two attached hydrogens (primary N) is 2. The summed E-state index contributed by atoms with van der Waals surface area (Å²) in [5.41, 5.74) is 2.22. The monoisotopic (exact) mass is 874 g/mol. The Morgan fingerprint density at radius 1 is 0.797 bits per heavy atom. The van der Waals surface area contributed by atoms with E-state index in [1.165, 1.54) is 44.3 Å². The van der Waals surface area contributed by atoms with Crippen LogP contribution in [0.5, 0.6) is 0 Å². The molecular formula is C41H56F2N8O5S3. The summed E-state index contributed by atoms with van der Waals surface area (Å²) < 4.78 is 64.7. The lowest BCUT2D eigenvalue weighted by Gasteiger charge is -2.24. The van der Waals surface area contributed by atoms with Crippen LogP contribution in [0.4, 0.5) is 29.7 Å². The standard InChI is InChI=1S/C41H56F2N8O5S3/c1-23(2)31-17-28(42)19-33(36(31)47-38(52)49-58(44,55)30-15-13-27(14-16-30)22-51(9)10)25(5)11-12-26(6)34-20-29(43)18-32(24(3)4)37(34)48-39(53)50-59(45,56)40-46-21-35(57-40)41(7,8)54/h13-21,23-26,54H,11-12,22H2,1-10H3,(H3,44,47,49,52,55)(H3,45,48,50,53,56). The van der Waals surface area contributed by atoms with Crippen molar-refractivity contribution in [1.82, 2.24) is 9.88 Å². The molecular weight excluding hydrogens is 819 g/mol. The zero-order valence-corrected chi connectivity index (χ0v) is 37.6. The fourth-order valence-electron chi connectivity index (χ4n) is 6.52. The molecule has 0 radical (unpaired) electrons. The molecule has 3 aromatic carbocycles. The third kappa shape index (κ3) is 12.4. The van der Waals surface area contributed by atoms with E-state index in [1.807, 2.05) is 60.5 Å². The van der Waals surface area contributed by atoms with Crippen LogP contribution in [-0.4, -0.2) is 49.6 Å². The predicted octanol–water partition coefficient (Wildman–Crippen LogP) is 9.51. The van der Waals surface area contributed by atoms with Crippen LogP contribution < -0.4 is 20.9 Å². The molecule has 322 valence electrons. The minimum absolute atomic E-state index is 0.139. The molecule has 13 nitrogen and oxygen atoms in total. The first-order valence-electron chi connectivity index (χ1n) is 19.1. The van der Waals surface area contributed by atoms with Crippen molar-refractivity contribution < 1.29 is 31.9 Å². The van der Waals surface area contributed by atoms with Gasteiger partial charge in [0.25, 0.3) is 0 Å². The normalized spacial score (nSPS) is 15.1. The second kappa shape index (κ2) is 19.0. The van der Waals surface area contributed by atoms with Gasteiger partial charge in [-0.25, -0.2) is 42.0 Å². The summed E-state index contributed by atoms with van der Waals surface area (Å²) in [6.45, 7) is 14.8. The Labute approximate surface area is 351 Å². The topological polar surface area (TPSA) is 205 Å². The van der Waals surface area contributed by atoms with E-state index in [0.717, 1.165) is 16.9 Å². The Morgan fingerprint density at radius 3 is 1.61 bits per heavy atom. The number of rotatable bonds is 14. The molecule has 0 saturated heterocycles. The van der Waals surface area contributed by atoms with E-state index in [-0.39, 0.29) is 32.9 Å². The van der Waals surface area contributed by atoms with Gasteiger partial charge in [0.05, 0.1) is 15.4 Å². The number of hydrogen-bond donors (Lipinski definition) is 5. The molecule has 4 rings (SSSR count). The van der Waals surface area contributed by atoms with Gasteiger partial charge in [-0.15, -0.1) is 20.1 Å². The first-order valence-corrected chi connectivity index (χ1v) is 23.1. The van der Waals surface area contributed by atoms with Crippen LogP contribution in [0.2, 0.25) is 0 Å². The van der Waals surface area contributed by atoms with Crippen molar-refractivity contribution >= 4 is 54.6 Å². The predicted molar refractivity (Wildman–Crippen MR) is 232 cm³/mol. The quantitative estimate of drug-likeness (QED) is 0.0829. The van der Waals surface area contributed by atoms with E-state index < -0.39 is 49.1 Å². The maximum Gasteiger partial charge on any atom is 0.354 e. The molecule has 0 aliphatic carbocycles. The highest BCUT2D eigenvalue weighted by Gasteiger charge is 2.26. The number of thiazole rings is 1. The first kappa shape index (κ1) is 47.5. The number of aliphatic hydroxyl groups is 1. The Balaban J connectivity index is 1.63. The molecule has 0 fully saturated rings. The summed E-state index contributed by atoms with van der Waals surface area (Å²) >= 11 is 0.874. The second-order valence-electron chi connectivity index (χ2n) is 16.2. The van der Waals surface area contributed by atoms with Gasteiger partial charge in [-0.3, -0.25) is 0 Å². The zero-order chi connectivity index (χ0) is 44.2. The summed E-state index contributed by atoms with van der Waals surface area (Å²) in [5, 5.41) is 27.8. The lowest BCUT2D eigenvalue weighted by molar-refractivity contribution is 0.0823. The van der Waals surface area contributed by atoms with E-state index in [9.17, 15) is 23.1 Å². The van der Waals surface area contributed by atoms with Crippen LogP contribution in [0.15, 0.2) is 72.7 Å². The lowest BCUT2D eigenvalue weighted by atomic mass is 9.84. The summed E-state index contributed by atoms with van der Waals surface area (Å²) in [7, 11) is -3.60. The highest BCUT2D eigenvalue weighted by Crippen LogP contribution is 2.40. The number of nitrogens with zero attached hydrogens (tertiary/aromatic N) is 4. The summed E-state index contributed by atoms with van der Waals surface area (Å²) in [6.07, 6.45) is 2.16. The molecule has 7 N–H and O–H groups in total. The van der Waals surface area contributed by atoms with Crippen molar-refractivity contribution in [3.63, 3.8) is 0 Å². The van der Waals surface area contributed by atoms with Gasteiger partial charge in [0.2, 0.25) is 4.34 Å². The third-order valence-corrected chi connectivity index (χ3v) is 14.2. The first-order chi connectivity index (χ1) is 27.3. The Morgan fingerprint density at radius 2 is 1.22 bits per heavy atom. The van der Waals surface area contributed by atoms with Crippen LogP contribution in [0.3, 0.4) is 0 Å². The van der Waals surface area contributed by atoms with E-state index in [0.29, 0.717) is 57.9 Å². The smallest absolute Gasteiger partial charge is 0.354 e. The number of urea groups is 2. The number of carbonyl (C=O) groups is 2. The second-order valence-corrected chi connectivity index (χ2v) is 21.0. The number of carbonyl (C=O) groups excluding carboxylic acids is 2. The highest BCUT2D eigenvalue weighted by molar-refractivity contribution is 7.93. The molecule has 4 atom stereocenters. The van der Waals surface area contributed by atoms with Crippen LogP contribution in [0, 0.1) is 11.6 Å². The number of halogens is 2. The van der Waals surface area contributed by atoms with Crippen LogP contribution in [-0.2, 0) is 32.0 Å². The van der Waals surface area contributed by atoms with Crippen LogP contribution in [0.25, 0.3) is 0 Å². The molecule has 1 aromatic heterocycles. The minimum atomic E-state index is -3.81. The van der Waals surface area contributed by atoms with Gasteiger partial charge in [0, 0.05) is 24.1 Å². The number of benzene rings is 3. The van der Waals surface area contributed by atoms with Crippen LogP contribution in [0.1, 0.15) is 125 Å². The maximum atomic E-state index is 15.2. The van der Waals surface area contributed by atoms with Gasteiger partial charge < -0.3 is 20.6 Å². The number of hydrogen-bond acceptors (Lipinski definition) is 8. The molecule has 0 aliphatic heterocycles. The summed E-state index contributed by atoms with van der Waals surface area (Å²) in [4.78, 5) is 33.3. The van der Waals surface area contributed by atoms with Gasteiger partial charge >= 0.3 is 12.1 Å². The van der Waals surface area contributed by atoms with Crippen molar-refractivity contribution in [3.8, 4) is 0 Å². The minimum Gasteiger partial charge on any atom is -0.385 e. The van der Waals surface area contributed by atoms with Crippen molar-refractivity contribution in [1.29, 1.82) is 0 Å². The number of aromatic nitrogens is 1. The number of nitrogens with one attached hydrogen (secondary N) is 2. The van der Waals surface area contributed by atoms with Crippen molar-refractivity contribution in [2.24, 2.45) is 19.0 Å². The van der Waals surface area contributed by atoms with Gasteiger partial charge in [-0.2, -0.15) is 0 Å². The van der Waals surface area contributed by atoms with E-state index in [1.54, 1.807) is 24.3 Å². The Kier molecular flexibility index (Phi) is 15.3. The van der Waals surface area contributed by atoms with Gasteiger partial charge in [0.1, 0.15) is 21.5 Å². The summed E-state index contributed by atoms with van der Waals surface area (Å²) in [6, 6.07) is 10.0. The van der Waals surface area contributed by atoms with E-state index in [2.05, 4.69) is 24.3 Å². The number of anilines is 2. The molecule has 4 aromatic rings. The fourth-order valence-corrected chi connectivity index (χ4v) is 9.52. The van der Waals surface area contributed by atoms with Gasteiger partial charge in [-0.05, 0) is 129 Å². The van der Waals surface area contributed by atoms with Crippen LogP contribution >= 0.6 is 11.3 Å². The van der Waals surface area contributed by atoms with E-state index >= 15 is 8.78 Å².